The molecule has 55 heavy (non-hydrogen) atoms. The number of allylic oxidation sites excluding steroid dienone is 2. The zero-order valence-electron chi connectivity index (χ0n) is 34.9. The van der Waals surface area contributed by atoms with Crippen LogP contribution in [0.25, 0.3) is 11.4 Å². The van der Waals surface area contributed by atoms with Gasteiger partial charge in [-0.05, 0) is 133 Å². The van der Waals surface area contributed by atoms with Crippen LogP contribution in [0.4, 0.5) is 0 Å². The molecule has 0 unspecified atom stereocenters. The number of carbonyl (C=O) groups is 3. The van der Waals surface area contributed by atoms with Gasteiger partial charge < -0.3 is 20.8 Å². The minimum atomic E-state index is -0.944. The van der Waals surface area contributed by atoms with E-state index >= 15 is 0 Å². The molecule has 0 aliphatic heterocycles. The van der Waals surface area contributed by atoms with Gasteiger partial charge in [-0.2, -0.15) is 0 Å². The van der Waals surface area contributed by atoms with Gasteiger partial charge in [0.2, 0.25) is 5.91 Å². The number of benzene rings is 1. The van der Waals surface area contributed by atoms with Gasteiger partial charge in [0.25, 0.3) is 0 Å². The molecule has 4 N–H and O–H groups in total. The lowest BCUT2D eigenvalue weighted by atomic mass is 9.35. The molecule has 1 aromatic carbocycles. The Morgan fingerprint density at radius 1 is 1.04 bits per heavy atom. The number of carbonyl (C=O) groups excluding carboxylic acids is 3. The molecule has 2 aromatic rings. The molecular formula is C45H66ClN5O4. The summed E-state index contributed by atoms with van der Waals surface area (Å²) in [6.07, 6.45) is 8.99. The number of nitrogens with zero attached hydrogens (tertiary/aromatic N) is 3. The van der Waals surface area contributed by atoms with E-state index in [0.717, 1.165) is 80.6 Å². The van der Waals surface area contributed by atoms with Crippen molar-refractivity contribution in [2.75, 3.05) is 6.54 Å². The first-order valence-corrected chi connectivity index (χ1v) is 21.3. The Hall–Kier alpha value is -3.04. The van der Waals surface area contributed by atoms with E-state index in [9.17, 15) is 14.4 Å². The number of halogens is 1. The zero-order chi connectivity index (χ0) is 40.3. The standard InChI is InChI=1S/C45H66ClN5O4/c1-10-31(55-35(53)26-41(5,6)39(48)54)18-19-42(7)28(4)17-20-44(9)34(42)16-15-32-37-36(27(2)3)33(52)25-45(37,22-21-43(32,44)8)40-50-49-38(51(40)24-23-47)29-11-13-30(46)14-12-29/h11-14,27-28,31-32,34H,10,15-26,47H2,1-9H3,(H2,48,54)/t28-,31-,32-,34-,42+,43-,44-,45-/m1/s1. The molecule has 3 fully saturated rings. The maximum absolute atomic E-state index is 14.4. The van der Waals surface area contributed by atoms with Gasteiger partial charge in [-0.25, -0.2) is 0 Å². The predicted octanol–water partition coefficient (Wildman–Crippen LogP) is 8.99. The van der Waals surface area contributed by atoms with Crippen LogP contribution in [0.2, 0.25) is 5.02 Å². The summed E-state index contributed by atoms with van der Waals surface area (Å²) < 4.78 is 8.21. The number of nitrogens with two attached hydrogens (primary N) is 2. The lowest BCUT2D eigenvalue weighted by Gasteiger charge is -2.69. The Labute approximate surface area is 334 Å². The van der Waals surface area contributed by atoms with Crippen LogP contribution in [0.3, 0.4) is 0 Å². The first-order chi connectivity index (χ1) is 25.8. The summed E-state index contributed by atoms with van der Waals surface area (Å²) in [6, 6.07) is 7.72. The molecule has 10 heteroatoms. The topological polar surface area (TPSA) is 143 Å². The zero-order valence-corrected chi connectivity index (χ0v) is 35.7. The van der Waals surface area contributed by atoms with Crippen molar-refractivity contribution in [3.8, 4) is 11.4 Å². The van der Waals surface area contributed by atoms with Crippen LogP contribution in [0.1, 0.15) is 139 Å². The summed E-state index contributed by atoms with van der Waals surface area (Å²) in [5, 5.41) is 10.5. The van der Waals surface area contributed by atoms with Crippen molar-refractivity contribution in [3.05, 3.63) is 46.3 Å². The Balaban J connectivity index is 1.35. The van der Waals surface area contributed by atoms with Crippen LogP contribution in [-0.2, 0) is 31.1 Å². The number of fused-ring (bicyclic) bond motifs is 5. The molecule has 1 amide bonds. The molecule has 0 bridgehead atoms. The van der Waals surface area contributed by atoms with Crippen molar-refractivity contribution >= 4 is 29.3 Å². The Morgan fingerprint density at radius 2 is 1.73 bits per heavy atom. The molecule has 9 nitrogen and oxygen atoms in total. The minimum Gasteiger partial charge on any atom is -0.462 e. The van der Waals surface area contributed by atoms with E-state index in [0.29, 0.717) is 36.4 Å². The number of esters is 1. The van der Waals surface area contributed by atoms with Gasteiger partial charge in [-0.3, -0.25) is 14.4 Å². The molecule has 1 heterocycles. The number of amides is 1. The summed E-state index contributed by atoms with van der Waals surface area (Å²) in [5.41, 5.74) is 13.8. The minimum absolute atomic E-state index is 0.0177. The average molecular weight is 777 g/mol. The quantitative estimate of drug-likeness (QED) is 0.193. The summed E-state index contributed by atoms with van der Waals surface area (Å²) in [4.78, 5) is 39.3. The van der Waals surface area contributed by atoms with Crippen LogP contribution in [-0.4, -0.2) is 45.1 Å². The second kappa shape index (κ2) is 15.0. The number of primary amides is 1. The molecule has 1 aromatic heterocycles. The fourth-order valence-corrected chi connectivity index (χ4v) is 12.3. The van der Waals surface area contributed by atoms with Crippen molar-refractivity contribution in [2.24, 2.45) is 56.8 Å². The largest absolute Gasteiger partial charge is 0.462 e. The van der Waals surface area contributed by atoms with Crippen molar-refractivity contribution in [1.82, 2.24) is 14.8 Å². The molecule has 4 aliphatic rings. The number of ether oxygens (including phenoxy) is 1. The van der Waals surface area contributed by atoms with E-state index in [2.05, 4.69) is 53.0 Å². The van der Waals surface area contributed by atoms with Crippen LogP contribution in [0.15, 0.2) is 35.4 Å². The fourth-order valence-electron chi connectivity index (χ4n) is 12.2. The van der Waals surface area contributed by atoms with E-state index < -0.39 is 16.7 Å². The third kappa shape index (κ3) is 6.81. The van der Waals surface area contributed by atoms with Crippen molar-refractivity contribution in [1.29, 1.82) is 0 Å². The molecule has 0 radical (unpaired) electrons. The monoisotopic (exact) mass is 775 g/mol. The maximum atomic E-state index is 14.4. The fraction of sp³-hybridized carbons (Fsp3) is 0.711. The first-order valence-electron chi connectivity index (χ1n) is 21.0. The lowest BCUT2D eigenvalue weighted by molar-refractivity contribution is -0.184. The molecule has 6 rings (SSSR count). The van der Waals surface area contributed by atoms with Crippen molar-refractivity contribution < 1.29 is 19.1 Å². The van der Waals surface area contributed by atoms with Gasteiger partial charge in [-0.1, -0.05) is 73.9 Å². The third-order valence-electron chi connectivity index (χ3n) is 15.8. The van der Waals surface area contributed by atoms with Crippen LogP contribution in [0.5, 0.6) is 0 Å². The Bertz CT molecular complexity index is 1830. The molecule has 302 valence electrons. The van der Waals surface area contributed by atoms with Gasteiger partial charge in [0.1, 0.15) is 11.9 Å². The van der Waals surface area contributed by atoms with E-state index in [1.807, 2.05) is 24.3 Å². The van der Waals surface area contributed by atoms with Crippen molar-refractivity contribution in [3.63, 3.8) is 0 Å². The molecular weight excluding hydrogens is 710 g/mol. The summed E-state index contributed by atoms with van der Waals surface area (Å²) in [5.74, 6) is 2.43. The van der Waals surface area contributed by atoms with E-state index in [-0.39, 0.29) is 52.4 Å². The maximum Gasteiger partial charge on any atom is 0.307 e. The number of hydrogen-bond acceptors (Lipinski definition) is 7. The Morgan fingerprint density at radius 3 is 2.35 bits per heavy atom. The van der Waals surface area contributed by atoms with Gasteiger partial charge in [0, 0.05) is 30.1 Å². The summed E-state index contributed by atoms with van der Waals surface area (Å²) in [6.45, 7) is 20.9. The third-order valence-corrected chi connectivity index (χ3v) is 16.1. The van der Waals surface area contributed by atoms with Crippen molar-refractivity contribution in [2.45, 2.75) is 151 Å². The van der Waals surface area contributed by atoms with Crippen LogP contribution in [0, 0.1) is 45.3 Å². The molecule has 8 atom stereocenters. The predicted molar refractivity (Wildman–Crippen MR) is 218 cm³/mol. The number of rotatable bonds is 13. The highest BCUT2D eigenvalue weighted by Crippen LogP contribution is 2.74. The number of Topliss-reactive ketones (excluding diaryl/α,β-unsaturated/α-hetero) is 1. The highest BCUT2D eigenvalue weighted by Gasteiger charge is 2.68. The van der Waals surface area contributed by atoms with Crippen LogP contribution >= 0.6 is 11.6 Å². The van der Waals surface area contributed by atoms with Gasteiger partial charge >= 0.3 is 5.97 Å². The van der Waals surface area contributed by atoms with Gasteiger partial charge in [-0.15, -0.1) is 10.2 Å². The molecule has 3 saturated carbocycles. The highest BCUT2D eigenvalue weighted by atomic mass is 35.5. The smallest absolute Gasteiger partial charge is 0.307 e. The summed E-state index contributed by atoms with van der Waals surface area (Å²) in [7, 11) is 0. The van der Waals surface area contributed by atoms with E-state index in [1.165, 1.54) is 5.57 Å². The first kappa shape index (κ1) is 41.6. The summed E-state index contributed by atoms with van der Waals surface area (Å²) >= 11 is 6.27. The van der Waals surface area contributed by atoms with Crippen LogP contribution < -0.4 is 11.5 Å². The average Bonchev–Trinajstić information content (AvgIpc) is 3.68. The Kier molecular flexibility index (Phi) is 11.4. The molecule has 0 saturated heterocycles. The molecule has 0 spiro atoms. The lowest BCUT2D eigenvalue weighted by Crippen LogP contribution is -2.62. The number of ketones is 1. The second-order valence-electron chi connectivity index (χ2n) is 19.4. The number of hydrogen-bond donors (Lipinski definition) is 2. The second-order valence-corrected chi connectivity index (χ2v) is 19.8. The normalized spacial score (nSPS) is 32.6. The van der Waals surface area contributed by atoms with E-state index in [1.54, 1.807) is 13.8 Å². The van der Waals surface area contributed by atoms with Gasteiger partial charge in [0.05, 0.1) is 17.3 Å². The SMILES string of the molecule is CC[C@H](CC[C@@]1(C)[C@H](C)CC[C@]2(C)[C@@H]1CC[C@@H]1C3=C(C(C)C)C(=O)C[C@]3(c3nnc(-c4ccc(Cl)cc4)n3CCN)CC[C@]12C)OC(=O)CC(C)(C)C(N)=O. The number of aromatic nitrogens is 3. The highest BCUT2D eigenvalue weighted by molar-refractivity contribution is 6.30. The van der Waals surface area contributed by atoms with E-state index in [4.69, 9.17) is 38.0 Å². The van der Waals surface area contributed by atoms with Gasteiger partial charge in [0.15, 0.2) is 11.6 Å². The molecule has 4 aliphatic carbocycles.